The lowest BCUT2D eigenvalue weighted by Crippen LogP contribution is -2.49. The average molecular weight is 482 g/mol. The molecule has 2 unspecified atom stereocenters. The fraction of sp³-hybridized carbons (Fsp3) is 0.429. The maximum atomic E-state index is 12.7. The summed E-state index contributed by atoms with van der Waals surface area (Å²) in [6.07, 6.45) is 10.8. The van der Waals surface area contributed by atoms with E-state index in [0.717, 1.165) is 12.8 Å². The number of amides is 1. The maximum absolute atomic E-state index is 12.7. The van der Waals surface area contributed by atoms with Gasteiger partial charge in [-0.05, 0) is 64.8 Å². The number of rotatable bonds is 8. The van der Waals surface area contributed by atoms with Crippen molar-refractivity contribution >= 4 is 22.6 Å². The van der Waals surface area contributed by atoms with Gasteiger partial charge in [-0.15, -0.1) is 0 Å². The van der Waals surface area contributed by atoms with E-state index in [1.165, 1.54) is 0 Å². The van der Waals surface area contributed by atoms with E-state index < -0.39 is 23.4 Å². The lowest BCUT2D eigenvalue weighted by atomic mass is 9.94. The van der Waals surface area contributed by atoms with Crippen molar-refractivity contribution < 1.29 is 23.4 Å². The van der Waals surface area contributed by atoms with E-state index in [1.54, 1.807) is 37.5 Å². The van der Waals surface area contributed by atoms with Crippen molar-refractivity contribution in [1.29, 1.82) is 0 Å². The number of anilines is 1. The minimum absolute atomic E-state index is 0.00227. The Morgan fingerprint density at radius 1 is 1.29 bits per heavy atom. The molecule has 1 aromatic carbocycles. The van der Waals surface area contributed by atoms with Gasteiger partial charge in [0.2, 0.25) is 6.29 Å². The highest BCUT2D eigenvalue weighted by Crippen LogP contribution is 2.34. The Morgan fingerprint density at radius 3 is 2.71 bits per heavy atom. The molecule has 1 aromatic heterocycles. The van der Waals surface area contributed by atoms with E-state index in [9.17, 15) is 9.59 Å². The van der Waals surface area contributed by atoms with Crippen LogP contribution in [0, 0.1) is 6.92 Å². The molecule has 7 nitrogen and oxygen atoms in total. The third-order valence-corrected chi connectivity index (χ3v) is 6.02. The zero-order valence-electron chi connectivity index (χ0n) is 21.3. The number of hydrogen-bond acceptors (Lipinski definition) is 6. The van der Waals surface area contributed by atoms with E-state index >= 15 is 0 Å². The van der Waals surface area contributed by atoms with Crippen LogP contribution >= 0.6 is 0 Å². The molecule has 188 valence electrons. The number of nitrogens with one attached hydrogen (secondary N) is 1. The zero-order valence-corrected chi connectivity index (χ0v) is 21.3. The molecule has 3 rings (SSSR count). The van der Waals surface area contributed by atoms with Crippen LogP contribution in [0.5, 0.6) is 5.75 Å². The zero-order chi connectivity index (χ0) is 25.6. The highest BCUT2D eigenvalue weighted by atomic mass is 16.7. The summed E-state index contributed by atoms with van der Waals surface area (Å²) in [5.74, 6) is 0.189. The van der Waals surface area contributed by atoms with E-state index in [2.05, 4.69) is 5.32 Å². The Kier molecular flexibility index (Phi) is 8.70. The van der Waals surface area contributed by atoms with E-state index in [-0.39, 0.29) is 11.8 Å². The van der Waals surface area contributed by atoms with Gasteiger partial charge in [-0.3, -0.25) is 4.79 Å². The predicted octanol–water partition coefficient (Wildman–Crippen LogP) is 5.82. The standard InChI is InChI=1S/C28H35NO6/c1-7-9-10-12-19(11-8-2)26(30)29-21-17-20-13-14-22(18(3)25(20)34-27(21)31)33-24-16-15-23(32-6)28(4,5)35-24/h8-14,17,23-24H,7,15-16H2,1-6H3,(H,29,30)/b10-9+,11-8-,19-12+. The molecule has 0 radical (unpaired) electrons. The normalized spacial score (nSPS) is 20.6. The quantitative estimate of drug-likeness (QED) is 0.291. The molecule has 1 N–H and O–H groups in total. The van der Waals surface area contributed by atoms with Crippen LogP contribution in [0.3, 0.4) is 0 Å². The van der Waals surface area contributed by atoms with Gasteiger partial charge in [0.05, 0.1) is 11.7 Å². The Balaban J connectivity index is 1.83. The predicted molar refractivity (Wildman–Crippen MR) is 138 cm³/mol. The Bertz CT molecular complexity index is 1200. The van der Waals surface area contributed by atoms with E-state index in [4.69, 9.17) is 18.6 Å². The Labute approximate surface area is 206 Å². The summed E-state index contributed by atoms with van der Waals surface area (Å²) in [4.78, 5) is 25.4. The molecule has 1 aliphatic rings. The van der Waals surface area contributed by atoms with Crippen molar-refractivity contribution in [2.24, 2.45) is 0 Å². The van der Waals surface area contributed by atoms with Crippen LogP contribution in [0.2, 0.25) is 0 Å². The lowest BCUT2D eigenvalue weighted by molar-refractivity contribution is -0.233. The van der Waals surface area contributed by atoms with Crippen molar-refractivity contribution in [3.63, 3.8) is 0 Å². The van der Waals surface area contributed by atoms with Gasteiger partial charge in [-0.25, -0.2) is 4.79 Å². The molecular weight excluding hydrogens is 446 g/mol. The number of fused-ring (bicyclic) bond motifs is 1. The monoisotopic (exact) mass is 481 g/mol. The first-order valence-corrected chi connectivity index (χ1v) is 12.0. The van der Waals surface area contributed by atoms with E-state index in [1.807, 2.05) is 52.8 Å². The molecule has 0 aliphatic carbocycles. The fourth-order valence-electron chi connectivity index (χ4n) is 4.14. The van der Waals surface area contributed by atoms with Crippen molar-refractivity contribution in [3.05, 3.63) is 70.1 Å². The number of ether oxygens (including phenoxy) is 3. The Hall–Kier alpha value is -3.16. The van der Waals surface area contributed by atoms with Gasteiger partial charge in [-0.2, -0.15) is 0 Å². The van der Waals surface area contributed by atoms with Gasteiger partial charge in [0.1, 0.15) is 17.0 Å². The van der Waals surface area contributed by atoms with Gasteiger partial charge in [0, 0.05) is 30.1 Å². The van der Waals surface area contributed by atoms with E-state index in [0.29, 0.717) is 34.3 Å². The van der Waals surface area contributed by atoms with Crippen LogP contribution in [-0.2, 0) is 14.3 Å². The summed E-state index contributed by atoms with van der Waals surface area (Å²) in [6.45, 7) is 9.63. The fourth-order valence-corrected chi connectivity index (χ4v) is 4.14. The van der Waals surface area contributed by atoms with Crippen molar-refractivity contribution in [3.8, 4) is 5.75 Å². The SMILES string of the molecule is C\C=C/C(=C\C=C\CC)C(=O)Nc1cc2ccc(OC3CCC(OC)C(C)(C)O3)c(C)c2oc1=O. The molecule has 2 heterocycles. The second-order valence-corrected chi connectivity index (χ2v) is 9.04. The lowest BCUT2D eigenvalue weighted by Gasteiger charge is -2.41. The molecule has 1 fully saturated rings. The summed E-state index contributed by atoms with van der Waals surface area (Å²) in [7, 11) is 1.68. The second kappa shape index (κ2) is 11.5. The third kappa shape index (κ3) is 6.29. The number of benzene rings is 1. The number of hydrogen-bond donors (Lipinski definition) is 1. The molecule has 1 saturated heterocycles. The molecule has 35 heavy (non-hydrogen) atoms. The molecule has 1 amide bonds. The number of carbonyl (C=O) groups excluding carboxylic acids is 1. The summed E-state index contributed by atoms with van der Waals surface area (Å²) in [5, 5.41) is 3.35. The Morgan fingerprint density at radius 2 is 2.06 bits per heavy atom. The maximum Gasteiger partial charge on any atom is 0.360 e. The molecule has 2 atom stereocenters. The summed E-state index contributed by atoms with van der Waals surface area (Å²) < 4.78 is 23.4. The highest BCUT2D eigenvalue weighted by Gasteiger charge is 2.39. The van der Waals surface area contributed by atoms with Crippen LogP contribution in [0.25, 0.3) is 11.0 Å². The minimum Gasteiger partial charge on any atom is -0.465 e. The number of allylic oxidation sites excluding steroid dienone is 4. The van der Waals surface area contributed by atoms with Gasteiger partial charge < -0.3 is 23.9 Å². The summed E-state index contributed by atoms with van der Waals surface area (Å²) >= 11 is 0. The smallest absolute Gasteiger partial charge is 0.360 e. The number of methoxy groups -OCH3 is 1. The first kappa shape index (κ1) is 26.4. The third-order valence-electron chi connectivity index (χ3n) is 6.02. The van der Waals surface area contributed by atoms with Crippen LogP contribution < -0.4 is 15.7 Å². The number of carbonyl (C=O) groups is 1. The van der Waals surface area contributed by atoms with Gasteiger partial charge in [0.15, 0.2) is 0 Å². The molecule has 0 saturated carbocycles. The molecule has 1 aliphatic heterocycles. The number of aryl methyl sites for hydroxylation is 1. The summed E-state index contributed by atoms with van der Waals surface area (Å²) in [5.41, 5.74) is 0.496. The molecule has 2 aromatic rings. The first-order valence-electron chi connectivity index (χ1n) is 12.0. The molecule has 7 heteroatoms. The average Bonchev–Trinajstić information content (AvgIpc) is 2.81. The van der Waals surface area contributed by atoms with Crippen LogP contribution in [-0.4, -0.2) is 31.0 Å². The van der Waals surface area contributed by atoms with Crippen LogP contribution in [0.1, 0.15) is 52.5 Å². The van der Waals surface area contributed by atoms with Crippen LogP contribution in [0.15, 0.2) is 63.4 Å². The summed E-state index contributed by atoms with van der Waals surface area (Å²) in [6, 6.07) is 5.24. The van der Waals surface area contributed by atoms with Gasteiger partial charge in [-0.1, -0.05) is 31.2 Å². The molecule has 0 spiro atoms. The minimum atomic E-state index is -0.631. The van der Waals surface area contributed by atoms with Gasteiger partial charge >= 0.3 is 5.63 Å². The van der Waals surface area contributed by atoms with Crippen LogP contribution in [0.4, 0.5) is 5.69 Å². The molecular formula is C28H35NO6. The second-order valence-electron chi connectivity index (χ2n) is 9.04. The highest BCUT2D eigenvalue weighted by molar-refractivity contribution is 6.06. The van der Waals surface area contributed by atoms with Crippen molar-refractivity contribution in [2.75, 3.05) is 12.4 Å². The topological polar surface area (TPSA) is 87.0 Å². The van der Waals surface area contributed by atoms with Gasteiger partial charge in [0.25, 0.3) is 5.91 Å². The first-order chi connectivity index (χ1) is 16.7. The van der Waals surface area contributed by atoms with Crippen molar-refractivity contribution in [2.45, 2.75) is 71.9 Å². The largest absolute Gasteiger partial charge is 0.465 e. The van der Waals surface area contributed by atoms with Crippen molar-refractivity contribution in [1.82, 2.24) is 0 Å². The molecule has 0 bridgehead atoms.